The molecule has 2 aliphatic rings. The van der Waals surface area contributed by atoms with Gasteiger partial charge in [0.2, 0.25) is 5.91 Å². The average Bonchev–Trinajstić information content (AvgIpc) is 2.71. The third kappa shape index (κ3) is 3.99. The second kappa shape index (κ2) is 8.23. The minimum Gasteiger partial charge on any atom is -0.398 e. The van der Waals surface area contributed by atoms with Crippen molar-refractivity contribution in [3.63, 3.8) is 0 Å². The molecule has 0 saturated carbocycles. The first-order chi connectivity index (χ1) is 13.6. The number of carbonyl (C=O) groups excluding carboxylic acids is 1. The Morgan fingerprint density at radius 2 is 1.79 bits per heavy atom. The van der Waals surface area contributed by atoms with E-state index in [-0.39, 0.29) is 5.91 Å². The zero-order valence-corrected chi connectivity index (χ0v) is 16.7. The van der Waals surface area contributed by atoms with Gasteiger partial charge in [-0.25, -0.2) is 0 Å². The molecule has 2 aromatic rings. The monoisotopic (exact) mass is 378 g/mol. The topological polar surface area (TPSA) is 52.8 Å². The molecule has 1 saturated heterocycles. The van der Waals surface area contributed by atoms with Crippen molar-refractivity contribution in [2.75, 3.05) is 49.9 Å². The van der Waals surface area contributed by atoms with Crippen LogP contribution in [0.1, 0.15) is 23.1 Å². The zero-order chi connectivity index (χ0) is 19.5. The van der Waals surface area contributed by atoms with Crippen molar-refractivity contribution in [2.45, 2.75) is 26.3 Å². The number of fused-ring (bicyclic) bond motifs is 1. The molecule has 4 rings (SSSR count). The van der Waals surface area contributed by atoms with Gasteiger partial charge in [0, 0.05) is 50.6 Å². The van der Waals surface area contributed by atoms with Crippen molar-refractivity contribution in [1.29, 1.82) is 0 Å². The molecule has 0 atom stereocenters. The molecule has 0 aliphatic carbocycles. The number of benzene rings is 2. The number of nitrogens with two attached hydrogens (primary N) is 1. The van der Waals surface area contributed by atoms with Crippen LogP contribution in [0.3, 0.4) is 0 Å². The van der Waals surface area contributed by atoms with Crippen molar-refractivity contribution >= 4 is 17.3 Å². The quantitative estimate of drug-likeness (QED) is 0.831. The minimum absolute atomic E-state index is 0.228. The van der Waals surface area contributed by atoms with Crippen LogP contribution in [0.2, 0.25) is 0 Å². The van der Waals surface area contributed by atoms with Crippen LogP contribution in [0.4, 0.5) is 11.4 Å². The first kappa shape index (κ1) is 18.8. The molecule has 0 unspecified atom stereocenters. The van der Waals surface area contributed by atoms with Gasteiger partial charge in [-0.2, -0.15) is 0 Å². The Hall–Kier alpha value is -2.53. The molecule has 5 heteroatoms. The van der Waals surface area contributed by atoms with Gasteiger partial charge in [-0.1, -0.05) is 30.3 Å². The molecular weight excluding hydrogens is 348 g/mol. The van der Waals surface area contributed by atoms with E-state index in [1.807, 2.05) is 17.0 Å². The predicted molar refractivity (Wildman–Crippen MR) is 114 cm³/mol. The van der Waals surface area contributed by atoms with E-state index in [4.69, 9.17) is 5.73 Å². The molecule has 0 radical (unpaired) electrons. The maximum atomic E-state index is 12.9. The van der Waals surface area contributed by atoms with Crippen LogP contribution >= 0.6 is 0 Å². The van der Waals surface area contributed by atoms with Gasteiger partial charge in [-0.3, -0.25) is 9.69 Å². The van der Waals surface area contributed by atoms with E-state index in [1.165, 1.54) is 16.7 Å². The summed E-state index contributed by atoms with van der Waals surface area (Å²) in [5.41, 5.74) is 12.0. The Morgan fingerprint density at radius 3 is 2.57 bits per heavy atom. The minimum atomic E-state index is 0.228. The van der Waals surface area contributed by atoms with E-state index in [2.05, 4.69) is 47.1 Å². The summed E-state index contributed by atoms with van der Waals surface area (Å²) in [4.78, 5) is 19.6. The highest BCUT2D eigenvalue weighted by Crippen LogP contribution is 2.31. The number of carbonyl (C=O) groups is 1. The van der Waals surface area contributed by atoms with Crippen molar-refractivity contribution in [3.8, 4) is 0 Å². The van der Waals surface area contributed by atoms with Gasteiger partial charge in [0.1, 0.15) is 0 Å². The molecule has 2 aliphatic heterocycles. The van der Waals surface area contributed by atoms with Crippen LogP contribution < -0.4 is 10.6 Å². The van der Waals surface area contributed by atoms with Gasteiger partial charge in [0.15, 0.2) is 0 Å². The molecule has 2 N–H and O–H groups in total. The Morgan fingerprint density at radius 1 is 1.00 bits per heavy atom. The Bertz CT molecular complexity index is 842. The Labute approximate surface area is 167 Å². The van der Waals surface area contributed by atoms with Crippen LogP contribution in [-0.4, -0.2) is 55.0 Å². The fraction of sp³-hybridized carbons (Fsp3) is 0.435. The summed E-state index contributed by atoms with van der Waals surface area (Å²) >= 11 is 0. The highest BCUT2D eigenvalue weighted by atomic mass is 16.2. The molecule has 148 valence electrons. The maximum Gasteiger partial charge on any atom is 0.242 e. The molecule has 28 heavy (non-hydrogen) atoms. The highest BCUT2D eigenvalue weighted by Gasteiger charge is 2.25. The van der Waals surface area contributed by atoms with Gasteiger partial charge < -0.3 is 15.5 Å². The van der Waals surface area contributed by atoms with E-state index in [9.17, 15) is 4.79 Å². The summed E-state index contributed by atoms with van der Waals surface area (Å²) < 4.78 is 0. The van der Waals surface area contributed by atoms with E-state index in [1.54, 1.807) is 0 Å². The Balaban J connectivity index is 1.33. The SMILES string of the molecule is Cc1ccccc1CN1CCN(C(=O)CN2CCCc3c(N)cccc32)CC1. The highest BCUT2D eigenvalue weighted by molar-refractivity contribution is 5.83. The number of amides is 1. The second-order valence-corrected chi connectivity index (χ2v) is 7.95. The number of hydrogen-bond donors (Lipinski definition) is 1. The fourth-order valence-electron chi connectivity index (χ4n) is 4.34. The van der Waals surface area contributed by atoms with Gasteiger partial charge in [0.05, 0.1) is 6.54 Å². The summed E-state index contributed by atoms with van der Waals surface area (Å²) in [5, 5.41) is 0. The molecule has 2 aromatic carbocycles. The smallest absolute Gasteiger partial charge is 0.242 e. The first-order valence-electron chi connectivity index (χ1n) is 10.3. The lowest BCUT2D eigenvalue weighted by molar-refractivity contribution is -0.131. The Kier molecular flexibility index (Phi) is 5.53. The average molecular weight is 379 g/mol. The third-order valence-electron chi connectivity index (χ3n) is 6.09. The summed E-state index contributed by atoms with van der Waals surface area (Å²) in [5.74, 6) is 0.228. The summed E-state index contributed by atoms with van der Waals surface area (Å²) in [6, 6.07) is 14.6. The zero-order valence-electron chi connectivity index (χ0n) is 16.7. The van der Waals surface area contributed by atoms with Crippen molar-refractivity contribution in [3.05, 3.63) is 59.2 Å². The first-order valence-corrected chi connectivity index (χ1v) is 10.3. The largest absolute Gasteiger partial charge is 0.398 e. The van der Waals surface area contributed by atoms with Crippen molar-refractivity contribution in [2.24, 2.45) is 0 Å². The van der Waals surface area contributed by atoms with Crippen molar-refractivity contribution < 1.29 is 4.79 Å². The number of nitrogen functional groups attached to an aromatic ring is 1. The van der Waals surface area contributed by atoms with E-state index < -0.39 is 0 Å². The lowest BCUT2D eigenvalue weighted by atomic mass is 10.00. The van der Waals surface area contributed by atoms with Gasteiger partial charge in [0.25, 0.3) is 0 Å². The van der Waals surface area contributed by atoms with Crippen LogP contribution in [0, 0.1) is 6.92 Å². The van der Waals surface area contributed by atoms with Gasteiger partial charge in [-0.05, 0) is 48.6 Å². The molecule has 1 fully saturated rings. The second-order valence-electron chi connectivity index (χ2n) is 7.95. The lowest BCUT2D eigenvalue weighted by Gasteiger charge is -2.37. The number of aryl methyl sites for hydroxylation is 1. The molecule has 1 amide bonds. The molecule has 0 bridgehead atoms. The number of anilines is 2. The molecule has 2 heterocycles. The van der Waals surface area contributed by atoms with Crippen LogP contribution in [0.5, 0.6) is 0 Å². The summed E-state index contributed by atoms with van der Waals surface area (Å²) in [6.07, 6.45) is 2.06. The summed E-state index contributed by atoms with van der Waals surface area (Å²) in [7, 11) is 0. The van der Waals surface area contributed by atoms with Crippen LogP contribution in [0.15, 0.2) is 42.5 Å². The van der Waals surface area contributed by atoms with E-state index >= 15 is 0 Å². The van der Waals surface area contributed by atoms with Gasteiger partial charge in [-0.15, -0.1) is 0 Å². The lowest BCUT2D eigenvalue weighted by Crippen LogP contribution is -2.51. The standard InChI is InChI=1S/C23H30N4O/c1-18-6-2-3-7-19(18)16-25-12-14-26(15-13-25)23(28)17-27-11-5-8-20-21(24)9-4-10-22(20)27/h2-4,6-7,9-10H,5,8,11-17,24H2,1H3. The molecule has 0 aromatic heterocycles. The third-order valence-corrected chi connectivity index (χ3v) is 6.09. The van der Waals surface area contributed by atoms with E-state index in [0.717, 1.165) is 63.5 Å². The normalized spacial score (nSPS) is 17.5. The van der Waals surface area contributed by atoms with Crippen molar-refractivity contribution in [1.82, 2.24) is 9.80 Å². The maximum absolute atomic E-state index is 12.9. The van der Waals surface area contributed by atoms with Crippen LogP contribution in [0.25, 0.3) is 0 Å². The molecular formula is C23H30N4O. The van der Waals surface area contributed by atoms with E-state index in [0.29, 0.717) is 6.54 Å². The number of piperazine rings is 1. The fourth-order valence-corrected chi connectivity index (χ4v) is 4.34. The number of nitrogens with zero attached hydrogens (tertiary/aromatic N) is 3. The van der Waals surface area contributed by atoms with Gasteiger partial charge >= 0.3 is 0 Å². The summed E-state index contributed by atoms with van der Waals surface area (Å²) in [6.45, 7) is 7.99. The number of rotatable bonds is 4. The molecule has 5 nitrogen and oxygen atoms in total. The van der Waals surface area contributed by atoms with Crippen LogP contribution in [-0.2, 0) is 17.8 Å². The number of hydrogen-bond acceptors (Lipinski definition) is 4. The molecule has 0 spiro atoms. The predicted octanol–water partition coefficient (Wildman–Crippen LogP) is 2.67.